The van der Waals surface area contributed by atoms with Crippen molar-refractivity contribution in [1.29, 1.82) is 0 Å². The number of nitrogens with zero attached hydrogens (tertiary/aromatic N) is 2. The molecule has 2 aromatic rings. The summed E-state index contributed by atoms with van der Waals surface area (Å²) in [6.45, 7) is 8.78. The van der Waals surface area contributed by atoms with Crippen molar-refractivity contribution < 1.29 is 0 Å². The fourth-order valence-electron chi connectivity index (χ4n) is 2.30. The Kier molecular flexibility index (Phi) is 4.75. The predicted octanol–water partition coefficient (Wildman–Crippen LogP) is 4.69. The van der Waals surface area contributed by atoms with Crippen molar-refractivity contribution >= 4 is 27.4 Å². The van der Waals surface area contributed by atoms with Crippen LogP contribution in [0, 0.1) is 13.8 Å². The van der Waals surface area contributed by atoms with E-state index in [-0.39, 0.29) is 0 Å². The number of nitrogens with one attached hydrogen (secondary N) is 1. The Morgan fingerprint density at radius 1 is 1.26 bits per heavy atom. The number of thiophene rings is 1. The van der Waals surface area contributed by atoms with E-state index in [0.717, 1.165) is 10.6 Å². The highest BCUT2D eigenvalue weighted by atomic mass is 32.1. The van der Waals surface area contributed by atoms with Crippen molar-refractivity contribution in [2.75, 3.05) is 5.32 Å². The van der Waals surface area contributed by atoms with Crippen LogP contribution in [0.15, 0.2) is 6.33 Å². The summed E-state index contributed by atoms with van der Waals surface area (Å²) in [5, 5.41) is 4.75. The van der Waals surface area contributed by atoms with Crippen LogP contribution in [-0.2, 0) is 0 Å². The van der Waals surface area contributed by atoms with Crippen LogP contribution in [0.2, 0.25) is 0 Å². The SMILES string of the molecule is CCCCCC(C)Nc1ncnc2sc(C)c(C)c12. The quantitative estimate of drug-likeness (QED) is 0.778. The third-order valence-corrected chi connectivity index (χ3v) is 4.70. The van der Waals surface area contributed by atoms with E-state index in [4.69, 9.17) is 0 Å². The van der Waals surface area contributed by atoms with Crippen LogP contribution in [-0.4, -0.2) is 16.0 Å². The first-order valence-electron chi connectivity index (χ1n) is 7.10. The topological polar surface area (TPSA) is 37.8 Å². The van der Waals surface area contributed by atoms with Crippen molar-refractivity contribution in [2.24, 2.45) is 0 Å². The Bertz CT molecular complexity index is 548. The molecule has 0 radical (unpaired) electrons. The fourth-order valence-corrected chi connectivity index (χ4v) is 3.29. The molecule has 0 aliphatic carbocycles. The van der Waals surface area contributed by atoms with Crippen LogP contribution in [0.3, 0.4) is 0 Å². The van der Waals surface area contributed by atoms with Gasteiger partial charge in [-0.25, -0.2) is 9.97 Å². The second-order valence-electron chi connectivity index (χ2n) is 5.23. The predicted molar refractivity (Wildman–Crippen MR) is 84.1 cm³/mol. The highest BCUT2D eigenvalue weighted by molar-refractivity contribution is 7.18. The summed E-state index contributed by atoms with van der Waals surface area (Å²) in [7, 11) is 0. The van der Waals surface area contributed by atoms with E-state index >= 15 is 0 Å². The Labute approximate surface area is 119 Å². The van der Waals surface area contributed by atoms with Crippen LogP contribution in [0.1, 0.15) is 50.0 Å². The number of aromatic nitrogens is 2. The summed E-state index contributed by atoms with van der Waals surface area (Å²) in [6, 6.07) is 0.462. The van der Waals surface area contributed by atoms with Gasteiger partial charge in [-0.3, -0.25) is 0 Å². The van der Waals surface area contributed by atoms with E-state index in [2.05, 4.69) is 43.0 Å². The third-order valence-electron chi connectivity index (χ3n) is 3.59. The summed E-state index contributed by atoms with van der Waals surface area (Å²) in [4.78, 5) is 11.2. The van der Waals surface area contributed by atoms with Gasteiger partial charge >= 0.3 is 0 Å². The Morgan fingerprint density at radius 2 is 2.05 bits per heavy atom. The van der Waals surface area contributed by atoms with Gasteiger partial charge in [0.1, 0.15) is 17.0 Å². The molecule has 0 bridgehead atoms. The summed E-state index contributed by atoms with van der Waals surface area (Å²) < 4.78 is 0. The van der Waals surface area contributed by atoms with Crippen LogP contribution < -0.4 is 5.32 Å². The number of anilines is 1. The molecule has 1 atom stereocenters. The summed E-state index contributed by atoms with van der Waals surface area (Å²) >= 11 is 1.75. The molecule has 19 heavy (non-hydrogen) atoms. The highest BCUT2D eigenvalue weighted by Crippen LogP contribution is 2.32. The van der Waals surface area contributed by atoms with E-state index < -0.39 is 0 Å². The van der Waals surface area contributed by atoms with Gasteiger partial charge in [-0.2, -0.15) is 0 Å². The monoisotopic (exact) mass is 277 g/mol. The molecule has 0 aliphatic rings. The van der Waals surface area contributed by atoms with Gasteiger partial charge in [0.15, 0.2) is 0 Å². The summed E-state index contributed by atoms with van der Waals surface area (Å²) in [5.74, 6) is 0.996. The van der Waals surface area contributed by atoms with Gasteiger partial charge in [-0.15, -0.1) is 11.3 Å². The Hall–Kier alpha value is -1.16. The van der Waals surface area contributed by atoms with Crippen molar-refractivity contribution in [3.05, 3.63) is 16.8 Å². The van der Waals surface area contributed by atoms with E-state index in [9.17, 15) is 0 Å². The number of aryl methyl sites for hydroxylation is 2. The number of fused-ring (bicyclic) bond motifs is 1. The fraction of sp³-hybridized carbons (Fsp3) is 0.600. The first kappa shape index (κ1) is 14.3. The minimum absolute atomic E-state index is 0.462. The molecule has 1 N–H and O–H groups in total. The van der Waals surface area contributed by atoms with Gasteiger partial charge in [0.2, 0.25) is 0 Å². The molecule has 3 nitrogen and oxygen atoms in total. The minimum Gasteiger partial charge on any atom is -0.367 e. The molecule has 2 rings (SSSR count). The molecule has 2 heterocycles. The van der Waals surface area contributed by atoms with E-state index in [1.54, 1.807) is 17.7 Å². The molecular formula is C15H23N3S. The maximum absolute atomic E-state index is 4.43. The lowest BCUT2D eigenvalue weighted by molar-refractivity contribution is 0.614. The van der Waals surface area contributed by atoms with E-state index in [1.165, 1.54) is 41.5 Å². The van der Waals surface area contributed by atoms with Crippen LogP contribution in [0.5, 0.6) is 0 Å². The van der Waals surface area contributed by atoms with Gasteiger partial charge < -0.3 is 5.32 Å². The first-order valence-corrected chi connectivity index (χ1v) is 7.92. The van der Waals surface area contributed by atoms with Crippen LogP contribution >= 0.6 is 11.3 Å². The largest absolute Gasteiger partial charge is 0.367 e. The number of hydrogen-bond acceptors (Lipinski definition) is 4. The lowest BCUT2D eigenvalue weighted by Gasteiger charge is -2.15. The normalized spacial score (nSPS) is 12.8. The molecule has 104 valence electrons. The van der Waals surface area contributed by atoms with Gasteiger partial charge in [0.05, 0.1) is 5.39 Å². The second kappa shape index (κ2) is 6.33. The smallest absolute Gasteiger partial charge is 0.138 e. The number of rotatable bonds is 6. The maximum atomic E-state index is 4.43. The standard InChI is InChI=1S/C15H23N3S/c1-5-6-7-8-10(2)18-14-13-11(3)12(4)19-15(13)17-9-16-14/h9-10H,5-8H2,1-4H3,(H,16,17,18). The zero-order valence-electron chi connectivity index (χ0n) is 12.3. The first-order chi connectivity index (χ1) is 9.13. The average molecular weight is 277 g/mol. The van der Waals surface area contributed by atoms with Gasteiger partial charge in [-0.05, 0) is 32.8 Å². The zero-order valence-corrected chi connectivity index (χ0v) is 13.1. The van der Waals surface area contributed by atoms with Crippen molar-refractivity contribution in [3.63, 3.8) is 0 Å². The molecule has 0 saturated carbocycles. The molecule has 0 fully saturated rings. The molecule has 4 heteroatoms. The van der Waals surface area contributed by atoms with Gasteiger partial charge in [-0.1, -0.05) is 26.2 Å². The highest BCUT2D eigenvalue weighted by Gasteiger charge is 2.13. The molecule has 0 amide bonds. The maximum Gasteiger partial charge on any atom is 0.138 e. The molecular weight excluding hydrogens is 254 g/mol. The van der Waals surface area contributed by atoms with Crippen molar-refractivity contribution in [1.82, 2.24) is 9.97 Å². The van der Waals surface area contributed by atoms with E-state index in [0.29, 0.717) is 6.04 Å². The number of unbranched alkanes of at least 4 members (excludes halogenated alkanes) is 2. The Balaban J connectivity index is 2.16. The molecule has 0 saturated heterocycles. The number of hydrogen-bond donors (Lipinski definition) is 1. The van der Waals surface area contributed by atoms with Crippen molar-refractivity contribution in [3.8, 4) is 0 Å². The minimum atomic E-state index is 0.462. The third kappa shape index (κ3) is 3.24. The lowest BCUT2D eigenvalue weighted by Crippen LogP contribution is -2.16. The molecule has 0 aliphatic heterocycles. The van der Waals surface area contributed by atoms with E-state index in [1.807, 2.05) is 0 Å². The van der Waals surface area contributed by atoms with Crippen LogP contribution in [0.4, 0.5) is 5.82 Å². The molecule has 0 aromatic carbocycles. The average Bonchev–Trinajstić information content (AvgIpc) is 2.66. The second-order valence-corrected chi connectivity index (χ2v) is 6.43. The summed E-state index contributed by atoms with van der Waals surface area (Å²) in [5.41, 5.74) is 1.31. The summed E-state index contributed by atoms with van der Waals surface area (Å²) in [6.07, 6.45) is 6.72. The lowest BCUT2D eigenvalue weighted by atomic mass is 10.1. The van der Waals surface area contributed by atoms with Gasteiger partial charge in [0.25, 0.3) is 0 Å². The van der Waals surface area contributed by atoms with Crippen molar-refractivity contribution in [2.45, 2.75) is 59.4 Å². The van der Waals surface area contributed by atoms with Crippen LogP contribution in [0.25, 0.3) is 10.2 Å². The molecule has 2 aromatic heterocycles. The Morgan fingerprint density at radius 3 is 2.79 bits per heavy atom. The van der Waals surface area contributed by atoms with Gasteiger partial charge in [0, 0.05) is 10.9 Å². The zero-order chi connectivity index (χ0) is 13.8. The molecule has 1 unspecified atom stereocenters. The molecule has 0 spiro atoms.